The van der Waals surface area contributed by atoms with Crippen molar-refractivity contribution in [1.82, 2.24) is 10.1 Å². The molecule has 0 spiro atoms. The van der Waals surface area contributed by atoms with Gasteiger partial charge in [-0.25, -0.2) is 0 Å². The van der Waals surface area contributed by atoms with Gasteiger partial charge in [0.25, 0.3) is 5.91 Å². The molecule has 1 aromatic heterocycles. The molecule has 2 heterocycles. The van der Waals surface area contributed by atoms with Gasteiger partial charge in [0.2, 0.25) is 0 Å². The molecule has 0 radical (unpaired) electrons. The van der Waals surface area contributed by atoms with Gasteiger partial charge in [0.15, 0.2) is 5.69 Å². The van der Waals surface area contributed by atoms with Gasteiger partial charge in [-0.2, -0.15) is 0 Å². The Bertz CT molecular complexity index is 703. The number of benzene rings is 1. The molecule has 1 aliphatic heterocycles. The molecular weight excluding hydrogens is 304 g/mol. The van der Waals surface area contributed by atoms with Gasteiger partial charge < -0.3 is 14.2 Å². The molecule has 5 heteroatoms. The molecule has 0 saturated carbocycles. The average molecular weight is 328 g/mol. The minimum Gasteiger partial charge on any atom is -0.366 e. The molecule has 1 aliphatic rings. The molecule has 0 N–H and O–H groups in total. The van der Waals surface area contributed by atoms with Gasteiger partial charge in [-0.1, -0.05) is 56.3 Å². The van der Waals surface area contributed by atoms with Gasteiger partial charge in [-0.05, 0) is 17.9 Å². The van der Waals surface area contributed by atoms with Crippen LogP contribution in [-0.4, -0.2) is 35.2 Å². The first kappa shape index (κ1) is 16.7. The molecule has 5 nitrogen and oxygen atoms in total. The predicted molar refractivity (Wildman–Crippen MR) is 90.7 cm³/mol. The lowest BCUT2D eigenvalue weighted by Crippen LogP contribution is -2.51. The van der Waals surface area contributed by atoms with Crippen LogP contribution >= 0.6 is 0 Å². The van der Waals surface area contributed by atoms with Crippen molar-refractivity contribution in [3.63, 3.8) is 0 Å². The van der Waals surface area contributed by atoms with E-state index >= 15 is 0 Å². The molecule has 0 unspecified atom stereocenters. The molecule has 1 saturated heterocycles. The summed E-state index contributed by atoms with van der Waals surface area (Å²) in [5, 5.41) is 3.87. The van der Waals surface area contributed by atoms with E-state index in [0.29, 0.717) is 24.5 Å². The number of hydrogen-bond donors (Lipinski definition) is 0. The Balaban J connectivity index is 1.87. The third-order valence-electron chi connectivity index (χ3n) is 4.37. The first-order valence-electron chi connectivity index (χ1n) is 8.27. The van der Waals surface area contributed by atoms with Crippen molar-refractivity contribution >= 4 is 5.91 Å². The summed E-state index contributed by atoms with van der Waals surface area (Å²) in [6, 6.07) is 11.7. The number of rotatable bonds is 2. The van der Waals surface area contributed by atoms with Crippen LogP contribution in [-0.2, 0) is 4.74 Å². The highest BCUT2D eigenvalue weighted by atomic mass is 16.5. The number of carbonyl (C=O) groups excluding carboxylic acids is 1. The van der Waals surface area contributed by atoms with Crippen molar-refractivity contribution in [2.75, 3.05) is 13.1 Å². The van der Waals surface area contributed by atoms with E-state index in [1.165, 1.54) is 0 Å². The largest absolute Gasteiger partial charge is 0.366 e. The second kappa shape index (κ2) is 6.40. The van der Waals surface area contributed by atoms with Crippen LogP contribution < -0.4 is 0 Å². The molecule has 128 valence electrons. The fraction of sp³-hybridized carbons (Fsp3) is 0.474. The van der Waals surface area contributed by atoms with E-state index in [1.54, 1.807) is 13.0 Å². The summed E-state index contributed by atoms with van der Waals surface area (Å²) >= 11 is 0. The van der Waals surface area contributed by atoms with E-state index in [9.17, 15) is 4.79 Å². The minimum absolute atomic E-state index is 0.0478. The number of morpholine rings is 1. The summed E-state index contributed by atoms with van der Waals surface area (Å²) in [4.78, 5) is 14.6. The molecular formula is C19H24N2O3. The van der Waals surface area contributed by atoms with Gasteiger partial charge >= 0.3 is 0 Å². The zero-order valence-electron chi connectivity index (χ0n) is 14.7. The monoisotopic (exact) mass is 328 g/mol. The third kappa shape index (κ3) is 3.51. The summed E-state index contributed by atoms with van der Waals surface area (Å²) in [6.45, 7) is 9.25. The van der Waals surface area contributed by atoms with Crippen LogP contribution in [0.15, 0.2) is 40.9 Å². The van der Waals surface area contributed by atoms with Crippen LogP contribution in [0.5, 0.6) is 0 Å². The third-order valence-corrected chi connectivity index (χ3v) is 4.37. The molecule has 1 fully saturated rings. The Labute approximate surface area is 142 Å². The van der Waals surface area contributed by atoms with Crippen molar-refractivity contribution < 1.29 is 14.1 Å². The average Bonchev–Trinajstić information content (AvgIpc) is 3.00. The predicted octanol–water partition coefficient (Wildman–Crippen LogP) is 3.61. The smallest absolute Gasteiger partial charge is 0.276 e. The molecule has 1 aromatic carbocycles. The zero-order chi connectivity index (χ0) is 17.3. The first-order valence-corrected chi connectivity index (χ1v) is 8.27. The Kier molecular flexibility index (Phi) is 4.45. The number of aromatic nitrogens is 1. The maximum Gasteiger partial charge on any atom is 0.276 e. The maximum absolute atomic E-state index is 12.8. The van der Waals surface area contributed by atoms with E-state index in [1.807, 2.05) is 35.2 Å². The van der Waals surface area contributed by atoms with Crippen LogP contribution in [0.4, 0.5) is 0 Å². The van der Waals surface area contributed by atoms with Crippen molar-refractivity contribution in [2.45, 2.75) is 39.9 Å². The maximum atomic E-state index is 12.8. The number of aryl methyl sites for hydroxylation is 1. The van der Waals surface area contributed by atoms with Gasteiger partial charge in [-0.3, -0.25) is 4.79 Å². The lowest BCUT2D eigenvalue weighted by atomic mass is 9.87. The fourth-order valence-electron chi connectivity index (χ4n) is 2.88. The number of hydrogen-bond acceptors (Lipinski definition) is 4. The Hall–Kier alpha value is -2.14. The van der Waals surface area contributed by atoms with Crippen LogP contribution in [0.1, 0.15) is 48.7 Å². The van der Waals surface area contributed by atoms with Crippen LogP contribution in [0.2, 0.25) is 0 Å². The molecule has 3 rings (SSSR count). The number of nitrogens with zero attached hydrogens (tertiary/aromatic N) is 2. The Morgan fingerprint density at radius 2 is 1.92 bits per heavy atom. The molecule has 1 amide bonds. The number of ether oxygens (including phenoxy) is 1. The molecule has 0 bridgehead atoms. The Morgan fingerprint density at radius 1 is 1.21 bits per heavy atom. The summed E-state index contributed by atoms with van der Waals surface area (Å²) in [7, 11) is 0. The fourth-order valence-corrected chi connectivity index (χ4v) is 2.88. The van der Waals surface area contributed by atoms with E-state index in [0.717, 1.165) is 5.56 Å². The number of amides is 1. The van der Waals surface area contributed by atoms with E-state index in [4.69, 9.17) is 9.26 Å². The highest BCUT2D eigenvalue weighted by Crippen LogP contribution is 2.33. The summed E-state index contributed by atoms with van der Waals surface area (Å²) < 4.78 is 11.4. The highest BCUT2D eigenvalue weighted by molar-refractivity contribution is 5.92. The van der Waals surface area contributed by atoms with Gasteiger partial charge in [0, 0.05) is 12.6 Å². The normalized spacial score (nSPS) is 21.8. The summed E-state index contributed by atoms with van der Waals surface area (Å²) in [5.41, 5.74) is 1.38. The van der Waals surface area contributed by atoms with Crippen LogP contribution in [0.3, 0.4) is 0 Å². The lowest BCUT2D eigenvalue weighted by molar-refractivity contribution is -0.119. The van der Waals surface area contributed by atoms with Crippen molar-refractivity contribution in [2.24, 2.45) is 5.41 Å². The first-order chi connectivity index (χ1) is 11.3. The molecule has 0 aliphatic carbocycles. The van der Waals surface area contributed by atoms with E-state index in [2.05, 4.69) is 25.9 Å². The van der Waals surface area contributed by atoms with Crippen molar-refractivity contribution in [1.29, 1.82) is 0 Å². The lowest BCUT2D eigenvalue weighted by Gasteiger charge is -2.43. The highest BCUT2D eigenvalue weighted by Gasteiger charge is 2.38. The standard InChI is InChI=1S/C19H24N2O3/c1-13-10-15(20-24-13)18(22)21-11-16(14-8-6-5-7-9-14)23-17(12-21)19(2,3)4/h5-10,16-17H,11-12H2,1-4H3/t16-,17+/m0/s1. The van der Waals surface area contributed by atoms with Gasteiger partial charge in [0.1, 0.15) is 11.9 Å². The van der Waals surface area contributed by atoms with Gasteiger partial charge in [0.05, 0.1) is 12.6 Å². The minimum atomic E-state index is -0.138. The Morgan fingerprint density at radius 3 is 2.50 bits per heavy atom. The molecule has 2 atom stereocenters. The second-order valence-corrected chi connectivity index (χ2v) is 7.42. The van der Waals surface area contributed by atoms with E-state index < -0.39 is 0 Å². The molecule has 24 heavy (non-hydrogen) atoms. The second-order valence-electron chi connectivity index (χ2n) is 7.42. The quantitative estimate of drug-likeness (QED) is 0.845. The van der Waals surface area contributed by atoms with Crippen molar-refractivity contribution in [3.8, 4) is 0 Å². The van der Waals surface area contributed by atoms with Crippen LogP contribution in [0.25, 0.3) is 0 Å². The zero-order valence-corrected chi connectivity index (χ0v) is 14.7. The van der Waals surface area contributed by atoms with E-state index in [-0.39, 0.29) is 23.5 Å². The molecule has 2 aromatic rings. The summed E-state index contributed by atoms with van der Waals surface area (Å²) in [5.74, 6) is 0.531. The summed E-state index contributed by atoms with van der Waals surface area (Å²) in [6.07, 6.45) is -0.186. The SMILES string of the molecule is Cc1cc(C(=O)N2C[C@@H](c3ccccc3)O[C@@H](C(C)(C)C)C2)no1. The number of carbonyl (C=O) groups is 1. The van der Waals surface area contributed by atoms with Crippen LogP contribution in [0, 0.1) is 12.3 Å². The van der Waals surface area contributed by atoms with Gasteiger partial charge in [-0.15, -0.1) is 0 Å². The van der Waals surface area contributed by atoms with Crippen molar-refractivity contribution in [3.05, 3.63) is 53.4 Å². The topological polar surface area (TPSA) is 55.6 Å².